The van der Waals surface area contributed by atoms with Crippen LogP contribution >= 0.6 is 0 Å². The third kappa shape index (κ3) is 1.59. The Morgan fingerprint density at radius 3 is 2.18 bits per heavy atom. The number of benzene rings is 1. The highest BCUT2D eigenvalue weighted by molar-refractivity contribution is 6.23. The number of ether oxygens (including phenoxy) is 2. The van der Waals surface area contributed by atoms with E-state index in [1.807, 2.05) is 0 Å². The first kappa shape index (κ1) is 13.4. The molecule has 0 unspecified atom stereocenters. The molecule has 1 aliphatic heterocycles. The number of nitrogens with zero attached hydrogens (tertiary/aromatic N) is 1. The summed E-state index contributed by atoms with van der Waals surface area (Å²) in [5.74, 6) is 0.915. The zero-order chi connectivity index (χ0) is 15.4. The van der Waals surface area contributed by atoms with Crippen LogP contribution in [-0.4, -0.2) is 26.0 Å². The predicted molar refractivity (Wildman–Crippen MR) is 79.8 cm³/mol. The van der Waals surface area contributed by atoms with Gasteiger partial charge in [-0.15, -0.1) is 0 Å². The predicted octanol–water partition coefficient (Wildman–Crippen LogP) is 2.02. The fourth-order valence-corrected chi connectivity index (χ4v) is 4.11. The van der Waals surface area contributed by atoms with Crippen molar-refractivity contribution in [3.63, 3.8) is 0 Å². The fourth-order valence-electron chi connectivity index (χ4n) is 4.11. The SMILES string of the molecule is COc1ccc(N2C(=O)[C@@H]3[C@H](C2=O)[C@H]2C=C[C@H]3C2)c(OC)c1. The van der Waals surface area contributed by atoms with E-state index in [-0.39, 0.29) is 35.5 Å². The summed E-state index contributed by atoms with van der Waals surface area (Å²) in [4.78, 5) is 26.9. The van der Waals surface area contributed by atoms with Crippen LogP contribution in [-0.2, 0) is 9.59 Å². The number of fused-ring (bicyclic) bond motifs is 5. The van der Waals surface area contributed by atoms with Crippen LogP contribution in [0.1, 0.15) is 6.42 Å². The Kier molecular flexibility index (Phi) is 2.79. The second-order valence-electron chi connectivity index (χ2n) is 6.05. The number of hydrogen-bond acceptors (Lipinski definition) is 4. The average molecular weight is 299 g/mol. The summed E-state index contributed by atoms with van der Waals surface area (Å²) >= 11 is 0. The molecule has 2 bridgehead atoms. The van der Waals surface area contributed by atoms with Gasteiger partial charge >= 0.3 is 0 Å². The van der Waals surface area contributed by atoms with E-state index in [0.717, 1.165) is 6.42 Å². The molecule has 2 fully saturated rings. The number of methoxy groups -OCH3 is 2. The van der Waals surface area contributed by atoms with Crippen molar-refractivity contribution >= 4 is 17.5 Å². The van der Waals surface area contributed by atoms with Gasteiger partial charge in [-0.1, -0.05) is 12.2 Å². The monoisotopic (exact) mass is 299 g/mol. The van der Waals surface area contributed by atoms with Gasteiger partial charge in [-0.25, -0.2) is 4.90 Å². The normalized spacial score (nSPS) is 31.8. The van der Waals surface area contributed by atoms with Crippen LogP contribution in [0.25, 0.3) is 0 Å². The molecule has 4 atom stereocenters. The summed E-state index contributed by atoms with van der Waals surface area (Å²) in [6.45, 7) is 0. The summed E-state index contributed by atoms with van der Waals surface area (Å²) in [6, 6.07) is 5.14. The number of imide groups is 1. The van der Waals surface area contributed by atoms with Crippen molar-refractivity contribution in [3.05, 3.63) is 30.4 Å². The molecule has 1 heterocycles. The summed E-state index contributed by atoms with van der Waals surface area (Å²) in [6.07, 6.45) is 5.11. The molecule has 1 aromatic carbocycles. The lowest BCUT2D eigenvalue weighted by atomic mass is 9.85. The van der Waals surface area contributed by atoms with Crippen molar-refractivity contribution in [2.45, 2.75) is 6.42 Å². The van der Waals surface area contributed by atoms with Crippen LogP contribution in [0.3, 0.4) is 0 Å². The van der Waals surface area contributed by atoms with Crippen LogP contribution in [0.2, 0.25) is 0 Å². The van der Waals surface area contributed by atoms with E-state index >= 15 is 0 Å². The standard InChI is InChI=1S/C17H17NO4/c1-21-11-5-6-12(13(8-11)22-2)18-16(19)14-9-3-4-10(7-9)15(14)17(18)20/h3-6,8-10,14-15H,7H2,1-2H3/t9-,10-,14-,15+/m0/s1. The maximum atomic E-state index is 12.8. The van der Waals surface area contributed by atoms with E-state index in [4.69, 9.17) is 9.47 Å². The third-order valence-electron chi connectivity index (χ3n) is 5.10. The Hall–Kier alpha value is -2.30. The average Bonchev–Trinajstić information content (AvgIpc) is 3.21. The lowest BCUT2D eigenvalue weighted by Gasteiger charge is -2.20. The van der Waals surface area contributed by atoms with E-state index in [1.54, 1.807) is 25.3 Å². The Morgan fingerprint density at radius 2 is 1.64 bits per heavy atom. The molecule has 1 saturated carbocycles. The van der Waals surface area contributed by atoms with Gasteiger partial charge in [0.2, 0.25) is 11.8 Å². The minimum atomic E-state index is -0.200. The number of rotatable bonds is 3. The molecule has 5 heteroatoms. The first-order valence-corrected chi connectivity index (χ1v) is 7.44. The molecule has 1 aromatic rings. The van der Waals surface area contributed by atoms with E-state index in [0.29, 0.717) is 17.2 Å². The van der Waals surface area contributed by atoms with Crippen LogP contribution < -0.4 is 14.4 Å². The summed E-state index contributed by atoms with van der Waals surface area (Å²) in [5, 5.41) is 0. The summed E-state index contributed by atoms with van der Waals surface area (Å²) in [5.41, 5.74) is 0.507. The second kappa shape index (κ2) is 4.60. The number of carbonyl (C=O) groups excluding carboxylic acids is 2. The Labute approximate surface area is 128 Å². The van der Waals surface area contributed by atoms with Crippen molar-refractivity contribution < 1.29 is 19.1 Å². The number of hydrogen-bond donors (Lipinski definition) is 0. The molecule has 114 valence electrons. The van der Waals surface area contributed by atoms with Crippen LogP contribution in [0, 0.1) is 23.7 Å². The van der Waals surface area contributed by atoms with Gasteiger partial charge in [-0.3, -0.25) is 9.59 Å². The van der Waals surface area contributed by atoms with Crippen molar-refractivity contribution in [1.82, 2.24) is 0 Å². The van der Waals surface area contributed by atoms with Gasteiger partial charge in [0.05, 0.1) is 31.7 Å². The molecule has 3 aliphatic rings. The summed E-state index contributed by atoms with van der Waals surface area (Å²) < 4.78 is 10.5. The van der Waals surface area contributed by atoms with Gasteiger partial charge in [0, 0.05) is 6.07 Å². The van der Waals surface area contributed by atoms with Gasteiger partial charge in [0.25, 0.3) is 0 Å². The molecule has 2 amide bonds. The van der Waals surface area contributed by atoms with Gasteiger partial charge in [0.15, 0.2) is 0 Å². The van der Waals surface area contributed by atoms with Gasteiger partial charge in [-0.2, -0.15) is 0 Å². The van der Waals surface area contributed by atoms with Crippen molar-refractivity contribution in [3.8, 4) is 11.5 Å². The highest BCUT2D eigenvalue weighted by atomic mass is 16.5. The highest BCUT2D eigenvalue weighted by Crippen LogP contribution is 2.54. The van der Waals surface area contributed by atoms with E-state index in [2.05, 4.69) is 12.2 Å². The number of allylic oxidation sites excluding steroid dienone is 2. The largest absolute Gasteiger partial charge is 0.497 e. The maximum Gasteiger partial charge on any atom is 0.238 e. The molecule has 0 aromatic heterocycles. The van der Waals surface area contributed by atoms with Crippen LogP contribution in [0.5, 0.6) is 11.5 Å². The second-order valence-corrected chi connectivity index (χ2v) is 6.05. The van der Waals surface area contributed by atoms with Gasteiger partial charge in [-0.05, 0) is 30.4 Å². The lowest BCUT2D eigenvalue weighted by molar-refractivity contribution is -0.123. The van der Waals surface area contributed by atoms with E-state index in [1.165, 1.54) is 12.0 Å². The Balaban J connectivity index is 1.75. The molecule has 0 radical (unpaired) electrons. The molecule has 5 nitrogen and oxygen atoms in total. The van der Waals surface area contributed by atoms with E-state index in [9.17, 15) is 9.59 Å². The van der Waals surface area contributed by atoms with Gasteiger partial charge < -0.3 is 9.47 Å². The topological polar surface area (TPSA) is 55.8 Å². The summed E-state index contributed by atoms with van der Waals surface area (Å²) in [7, 11) is 3.09. The fraction of sp³-hybridized carbons (Fsp3) is 0.412. The molecule has 4 rings (SSSR count). The molecule has 2 aliphatic carbocycles. The minimum Gasteiger partial charge on any atom is -0.497 e. The van der Waals surface area contributed by atoms with Crippen molar-refractivity contribution in [2.24, 2.45) is 23.7 Å². The first-order valence-electron chi connectivity index (χ1n) is 7.44. The third-order valence-corrected chi connectivity index (χ3v) is 5.10. The maximum absolute atomic E-state index is 12.8. The number of amides is 2. The smallest absolute Gasteiger partial charge is 0.238 e. The van der Waals surface area contributed by atoms with Crippen LogP contribution in [0.4, 0.5) is 5.69 Å². The molecular weight excluding hydrogens is 282 g/mol. The molecule has 22 heavy (non-hydrogen) atoms. The zero-order valence-electron chi connectivity index (χ0n) is 12.5. The van der Waals surface area contributed by atoms with E-state index < -0.39 is 0 Å². The number of carbonyl (C=O) groups is 2. The first-order chi connectivity index (χ1) is 10.7. The van der Waals surface area contributed by atoms with Crippen molar-refractivity contribution in [1.29, 1.82) is 0 Å². The lowest BCUT2D eigenvalue weighted by Crippen LogP contribution is -2.33. The Morgan fingerprint density at radius 1 is 1.00 bits per heavy atom. The minimum absolute atomic E-state index is 0.102. The Bertz CT molecular complexity index is 666. The molecule has 1 saturated heterocycles. The quantitative estimate of drug-likeness (QED) is 0.633. The number of anilines is 1. The molecular formula is C17H17NO4. The molecule has 0 spiro atoms. The van der Waals surface area contributed by atoms with Gasteiger partial charge in [0.1, 0.15) is 11.5 Å². The molecule has 0 N–H and O–H groups in total. The van der Waals surface area contributed by atoms with Crippen molar-refractivity contribution in [2.75, 3.05) is 19.1 Å². The van der Waals surface area contributed by atoms with Crippen LogP contribution in [0.15, 0.2) is 30.4 Å². The highest BCUT2D eigenvalue weighted by Gasteiger charge is 2.59. The zero-order valence-corrected chi connectivity index (χ0v) is 12.5.